The molecule has 0 aliphatic heterocycles. The van der Waals surface area contributed by atoms with E-state index in [1.165, 1.54) is 0 Å². The first-order valence-corrected chi connectivity index (χ1v) is 7.96. The maximum Gasteiger partial charge on any atom is 0.340 e. The van der Waals surface area contributed by atoms with Gasteiger partial charge in [-0.3, -0.25) is 4.98 Å². The summed E-state index contributed by atoms with van der Waals surface area (Å²) in [5.41, 5.74) is 2.06. The lowest BCUT2D eigenvalue weighted by Crippen LogP contribution is -2.14. The van der Waals surface area contributed by atoms with Gasteiger partial charge in [-0.05, 0) is 45.8 Å². The van der Waals surface area contributed by atoms with Gasteiger partial charge in [0.05, 0.1) is 11.3 Å². The van der Waals surface area contributed by atoms with E-state index in [2.05, 4.69) is 20.9 Å². The lowest BCUT2D eigenvalue weighted by molar-refractivity contribution is 0.0369. The Bertz CT molecular complexity index is 751. The van der Waals surface area contributed by atoms with Crippen molar-refractivity contribution in [3.8, 4) is 0 Å². The average Bonchev–Trinajstić information content (AvgIpc) is 2.61. The van der Waals surface area contributed by atoms with Crippen LogP contribution in [0.2, 0.25) is 0 Å². The van der Waals surface area contributed by atoms with Crippen LogP contribution in [0, 0.1) is 0 Å². The van der Waals surface area contributed by atoms with Crippen LogP contribution in [0.3, 0.4) is 0 Å². The lowest BCUT2D eigenvalue weighted by atomic mass is 10.1. The molecule has 1 heterocycles. The molecule has 1 atom stereocenters. The zero-order valence-electron chi connectivity index (χ0n) is 12.2. The molecule has 0 fully saturated rings. The minimum absolute atomic E-state index is 0.392. The number of esters is 1. The third kappa shape index (κ3) is 3.66. The molecule has 0 unspecified atom stereocenters. The van der Waals surface area contributed by atoms with Crippen molar-refractivity contribution in [3.63, 3.8) is 0 Å². The molecule has 4 heteroatoms. The number of hydrogen-bond donors (Lipinski definition) is 0. The van der Waals surface area contributed by atoms with Gasteiger partial charge in [0.15, 0.2) is 6.10 Å². The fourth-order valence-electron chi connectivity index (χ4n) is 2.26. The first-order chi connectivity index (χ1) is 11.3. The minimum atomic E-state index is -0.544. The molecule has 3 nitrogen and oxygen atoms in total. The van der Waals surface area contributed by atoms with Gasteiger partial charge >= 0.3 is 5.97 Å². The van der Waals surface area contributed by atoms with Crippen LogP contribution in [-0.4, -0.2) is 11.0 Å². The number of carbonyl (C=O) groups is 1. The Morgan fingerprint density at radius 3 is 2.30 bits per heavy atom. The van der Waals surface area contributed by atoms with Gasteiger partial charge < -0.3 is 4.74 Å². The molecule has 3 rings (SSSR count). The van der Waals surface area contributed by atoms with E-state index in [9.17, 15) is 4.79 Å². The van der Waals surface area contributed by atoms with Crippen LogP contribution in [0.1, 0.15) is 27.7 Å². The summed E-state index contributed by atoms with van der Waals surface area (Å²) in [7, 11) is 0. The molecule has 1 aromatic heterocycles. The summed E-state index contributed by atoms with van der Waals surface area (Å²) >= 11 is 3.38. The molecule has 0 saturated carbocycles. The van der Waals surface area contributed by atoms with Crippen molar-refractivity contribution in [1.82, 2.24) is 4.98 Å². The number of pyridine rings is 1. The van der Waals surface area contributed by atoms with Gasteiger partial charge in [-0.1, -0.05) is 48.5 Å². The lowest BCUT2D eigenvalue weighted by Gasteiger charge is -2.18. The highest BCUT2D eigenvalue weighted by Gasteiger charge is 2.22. The van der Waals surface area contributed by atoms with E-state index in [4.69, 9.17) is 4.74 Å². The Balaban J connectivity index is 1.94. The first-order valence-electron chi connectivity index (χ1n) is 7.17. The maximum absolute atomic E-state index is 12.5. The number of benzene rings is 2. The predicted molar refractivity (Wildman–Crippen MR) is 92.1 cm³/mol. The third-order valence-corrected chi connectivity index (χ3v) is 4.07. The second kappa shape index (κ2) is 7.20. The number of aromatic nitrogens is 1. The monoisotopic (exact) mass is 367 g/mol. The second-order valence-electron chi connectivity index (χ2n) is 4.93. The summed E-state index contributed by atoms with van der Waals surface area (Å²) in [6, 6.07) is 22.4. The predicted octanol–water partition coefficient (Wildman–Crippen LogP) is 4.79. The zero-order valence-corrected chi connectivity index (χ0v) is 13.8. The van der Waals surface area contributed by atoms with Gasteiger partial charge in [0.2, 0.25) is 0 Å². The van der Waals surface area contributed by atoms with Crippen LogP contribution in [0.5, 0.6) is 0 Å². The van der Waals surface area contributed by atoms with Crippen LogP contribution < -0.4 is 0 Å². The third-order valence-electron chi connectivity index (χ3n) is 3.38. The molecular weight excluding hydrogens is 354 g/mol. The van der Waals surface area contributed by atoms with E-state index < -0.39 is 12.1 Å². The van der Waals surface area contributed by atoms with Gasteiger partial charge in [0, 0.05) is 10.7 Å². The largest absolute Gasteiger partial charge is 0.447 e. The molecule has 2 aromatic carbocycles. The van der Waals surface area contributed by atoms with Gasteiger partial charge in [-0.25, -0.2) is 4.79 Å². The van der Waals surface area contributed by atoms with Gasteiger partial charge in [0.1, 0.15) is 0 Å². The summed E-state index contributed by atoms with van der Waals surface area (Å²) in [4.78, 5) is 16.9. The number of hydrogen-bond acceptors (Lipinski definition) is 3. The SMILES string of the molecule is O=C(O[C@H](c1ccccc1)c1ccccn1)c1ccccc1Br. The molecule has 0 bridgehead atoms. The normalized spacial score (nSPS) is 11.7. The smallest absolute Gasteiger partial charge is 0.340 e. The zero-order chi connectivity index (χ0) is 16.1. The van der Waals surface area contributed by atoms with Crippen LogP contribution in [0.4, 0.5) is 0 Å². The van der Waals surface area contributed by atoms with Crippen molar-refractivity contribution in [2.45, 2.75) is 6.10 Å². The summed E-state index contributed by atoms with van der Waals surface area (Å²) in [5, 5.41) is 0. The van der Waals surface area contributed by atoms with Crippen molar-refractivity contribution in [3.05, 3.63) is 100 Å². The molecule has 0 radical (unpaired) electrons. The van der Waals surface area contributed by atoms with Crippen LogP contribution in [-0.2, 0) is 4.74 Å². The molecule has 0 spiro atoms. The minimum Gasteiger partial charge on any atom is -0.447 e. The Morgan fingerprint density at radius 1 is 0.913 bits per heavy atom. The van der Waals surface area contributed by atoms with Crippen molar-refractivity contribution in [2.75, 3.05) is 0 Å². The number of rotatable bonds is 4. The van der Waals surface area contributed by atoms with E-state index in [0.29, 0.717) is 15.7 Å². The van der Waals surface area contributed by atoms with E-state index >= 15 is 0 Å². The summed E-state index contributed by atoms with van der Waals surface area (Å²) in [6.07, 6.45) is 1.15. The van der Waals surface area contributed by atoms with E-state index in [0.717, 1.165) is 5.56 Å². The summed E-state index contributed by atoms with van der Waals surface area (Å²) < 4.78 is 6.46. The van der Waals surface area contributed by atoms with Crippen molar-refractivity contribution < 1.29 is 9.53 Å². The topological polar surface area (TPSA) is 39.2 Å². The van der Waals surface area contributed by atoms with Crippen LogP contribution >= 0.6 is 15.9 Å². The van der Waals surface area contributed by atoms with Crippen molar-refractivity contribution in [1.29, 1.82) is 0 Å². The van der Waals surface area contributed by atoms with Gasteiger partial charge in [0.25, 0.3) is 0 Å². The van der Waals surface area contributed by atoms with Crippen molar-refractivity contribution >= 4 is 21.9 Å². The quantitative estimate of drug-likeness (QED) is 0.622. The Labute approximate surface area is 143 Å². The highest BCUT2D eigenvalue weighted by molar-refractivity contribution is 9.10. The van der Waals surface area contributed by atoms with Crippen LogP contribution in [0.15, 0.2) is 83.5 Å². The van der Waals surface area contributed by atoms with E-state index in [-0.39, 0.29) is 0 Å². The number of nitrogens with zero attached hydrogens (tertiary/aromatic N) is 1. The fourth-order valence-corrected chi connectivity index (χ4v) is 2.70. The molecule has 3 aromatic rings. The number of carbonyl (C=O) groups excluding carboxylic acids is 1. The van der Waals surface area contributed by atoms with Crippen molar-refractivity contribution in [2.24, 2.45) is 0 Å². The van der Waals surface area contributed by atoms with Gasteiger partial charge in [-0.15, -0.1) is 0 Å². The summed E-state index contributed by atoms with van der Waals surface area (Å²) in [6.45, 7) is 0. The highest BCUT2D eigenvalue weighted by Crippen LogP contribution is 2.27. The maximum atomic E-state index is 12.5. The molecule has 0 amide bonds. The summed E-state index contributed by atoms with van der Waals surface area (Å²) in [5.74, 6) is -0.392. The molecule has 0 N–H and O–H groups in total. The Morgan fingerprint density at radius 2 is 1.61 bits per heavy atom. The van der Waals surface area contributed by atoms with Crippen LogP contribution in [0.25, 0.3) is 0 Å². The molecule has 0 aliphatic rings. The second-order valence-corrected chi connectivity index (χ2v) is 5.78. The van der Waals surface area contributed by atoms with E-state index in [1.54, 1.807) is 18.3 Å². The van der Waals surface area contributed by atoms with E-state index in [1.807, 2.05) is 60.7 Å². The average molecular weight is 368 g/mol. The molecular formula is C19H14BrNO2. The molecule has 0 aliphatic carbocycles. The highest BCUT2D eigenvalue weighted by atomic mass is 79.9. The fraction of sp³-hybridized carbons (Fsp3) is 0.0526. The van der Waals surface area contributed by atoms with Gasteiger partial charge in [-0.2, -0.15) is 0 Å². The standard InChI is InChI=1S/C19H14BrNO2/c20-16-11-5-4-10-15(16)19(22)23-18(14-8-2-1-3-9-14)17-12-6-7-13-21-17/h1-13,18H/t18-/m1/s1. The molecule has 0 saturated heterocycles. The number of ether oxygens (including phenoxy) is 1. The molecule has 23 heavy (non-hydrogen) atoms. The Kier molecular flexibility index (Phi) is 4.83. The first kappa shape index (κ1) is 15.4. The number of halogens is 1. The molecule has 114 valence electrons. The Hall–Kier alpha value is -2.46.